The van der Waals surface area contributed by atoms with Gasteiger partial charge in [0.05, 0.1) is 5.56 Å². The number of benzene rings is 1. The Hall–Kier alpha value is -5.40. The predicted molar refractivity (Wildman–Crippen MR) is 203 cm³/mol. The van der Waals surface area contributed by atoms with Crippen LogP contribution >= 0.6 is 0 Å². The van der Waals surface area contributed by atoms with Crippen LogP contribution in [0.25, 0.3) is 0 Å². The maximum absolute atomic E-state index is 12.2. The Bertz CT molecular complexity index is 1660. The highest BCUT2D eigenvalue weighted by Gasteiger charge is 2.20. The molecular weight excluding hydrogens is 734 g/mol. The Morgan fingerprint density at radius 2 is 0.982 bits per heavy atom. The van der Waals surface area contributed by atoms with Crippen LogP contribution in [0.5, 0.6) is 0 Å². The molecule has 0 saturated heterocycles. The molecule has 0 unspecified atom stereocenters. The zero-order valence-corrected chi connectivity index (χ0v) is 31.8. The van der Waals surface area contributed by atoms with Crippen molar-refractivity contribution in [3.05, 3.63) is 55.8 Å². The largest absolute Gasteiger partial charge is 0.478 e. The van der Waals surface area contributed by atoms with E-state index in [1.807, 2.05) is 0 Å². The second-order valence-electron chi connectivity index (χ2n) is 13.2. The third-order valence-electron chi connectivity index (χ3n) is 8.74. The number of hydrogen-bond acceptors (Lipinski definition) is 13. The molecule has 0 heterocycles. The van der Waals surface area contributed by atoms with Gasteiger partial charge in [-0.05, 0) is 75.5 Å². The minimum Gasteiger partial charge on any atom is -0.478 e. The fourth-order valence-electron chi connectivity index (χ4n) is 5.33. The Balaban J connectivity index is 1.46. The SMILES string of the molecule is CC(=O)N(O)CCCCCNC(=O)CCC(=O)N(O)CCCCCNC(=O)CCC(=O)N(O)CCCCCNc1c(NCc2ccc(C(=O)O)cc2)c(=O)c1=O. The first-order valence-electron chi connectivity index (χ1n) is 18.8. The number of unbranched alkanes of at least 4 members (excludes halogenated alkanes) is 6. The van der Waals surface area contributed by atoms with Crippen LogP contribution in [0.15, 0.2) is 33.9 Å². The summed E-state index contributed by atoms with van der Waals surface area (Å²) in [5.41, 5.74) is -0.0545. The number of hydroxylamine groups is 6. The van der Waals surface area contributed by atoms with Crippen LogP contribution in [-0.2, 0) is 30.5 Å². The van der Waals surface area contributed by atoms with E-state index >= 15 is 0 Å². The first kappa shape index (κ1) is 46.8. The quantitative estimate of drug-likeness (QED) is 0.0254. The van der Waals surface area contributed by atoms with E-state index in [4.69, 9.17) is 5.11 Å². The normalized spacial score (nSPS) is 10.8. The lowest BCUT2D eigenvalue weighted by atomic mass is 10.1. The molecule has 0 aliphatic rings. The highest BCUT2D eigenvalue weighted by molar-refractivity contribution is 5.87. The van der Waals surface area contributed by atoms with Crippen LogP contribution in [-0.4, -0.2) is 111 Å². The smallest absolute Gasteiger partial charge is 0.335 e. The number of carbonyl (C=O) groups excluding carboxylic acids is 5. The number of anilines is 2. The minimum absolute atomic E-state index is 0.0578. The molecule has 0 atom stereocenters. The van der Waals surface area contributed by atoms with E-state index in [9.17, 15) is 54.0 Å². The fraction of sp³-hybridized carbons (Fsp3) is 0.568. The fourth-order valence-corrected chi connectivity index (χ4v) is 5.33. The number of hydrogen-bond donors (Lipinski definition) is 8. The van der Waals surface area contributed by atoms with Gasteiger partial charge in [-0.15, -0.1) is 0 Å². The highest BCUT2D eigenvalue weighted by atomic mass is 16.5. The summed E-state index contributed by atoms with van der Waals surface area (Å²) in [4.78, 5) is 94.3. The second kappa shape index (κ2) is 25.6. The molecule has 2 aromatic carbocycles. The summed E-state index contributed by atoms with van der Waals surface area (Å²) in [5, 5.41) is 51.3. The first-order valence-corrected chi connectivity index (χ1v) is 18.8. The van der Waals surface area contributed by atoms with Crippen molar-refractivity contribution in [1.82, 2.24) is 25.8 Å². The molecule has 0 saturated carbocycles. The Labute approximate surface area is 324 Å². The van der Waals surface area contributed by atoms with E-state index < -0.39 is 34.5 Å². The van der Waals surface area contributed by atoms with Gasteiger partial charge < -0.3 is 26.4 Å². The van der Waals surface area contributed by atoms with E-state index in [1.54, 1.807) is 12.1 Å². The number of carboxylic acids is 1. The van der Waals surface area contributed by atoms with Crippen molar-refractivity contribution < 1.29 is 49.5 Å². The molecule has 56 heavy (non-hydrogen) atoms. The molecule has 0 aliphatic heterocycles. The monoisotopic (exact) mass is 789 g/mol. The minimum atomic E-state index is -1.05. The number of amides is 5. The molecule has 310 valence electrons. The maximum Gasteiger partial charge on any atom is 0.335 e. The molecule has 5 amide bonds. The van der Waals surface area contributed by atoms with Crippen molar-refractivity contribution in [2.24, 2.45) is 0 Å². The summed E-state index contributed by atoms with van der Waals surface area (Å²) in [7, 11) is 0. The van der Waals surface area contributed by atoms with Crippen molar-refractivity contribution in [2.45, 2.75) is 96.9 Å². The third-order valence-corrected chi connectivity index (χ3v) is 8.74. The maximum atomic E-state index is 12.2. The third kappa shape index (κ3) is 17.8. The lowest BCUT2D eigenvalue weighted by Gasteiger charge is -2.16. The van der Waals surface area contributed by atoms with Crippen molar-refractivity contribution in [1.29, 1.82) is 0 Å². The summed E-state index contributed by atoms with van der Waals surface area (Å²) in [5.74, 6) is -3.34. The van der Waals surface area contributed by atoms with Gasteiger partial charge in [-0.3, -0.25) is 49.2 Å². The van der Waals surface area contributed by atoms with Crippen LogP contribution in [0.1, 0.15) is 106 Å². The first-order chi connectivity index (χ1) is 26.7. The van der Waals surface area contributed by atoms with E-state index in [-0.39, 0.29) is 80.6 Å². The summed E-state index contributed by atoms with van der Waals surface area (Å²) in [6.07, 6.45) is 4.71. The molecule has 0 aromatic heterocycles. The van der Waals surface area contributed by atoms with Crippen LogP contribution in [0.3, 0.4) is 0 Å². The van der Waals surface area contributed by atoms with E-state index in [1.165, 1.54) is 19.1 Å². The van der Waals surface area contributed by atoms with Crippen LogP contribution in [0.2, 0.25) is 0 Å². The number of nitrogens with zero attached hydrogens (tertiary/aromatic N) is 3. The molecule has 0 radical (unpaired) electrons. The molecule has 19 nitrogen and oxygen atoms in total. The van der Waals surface area contributed by atoms with Crippen LogP contribution in [0.4, 0.5) is 11.4 Å². The van der Waals surface area contributed by atoms with Crippen LogP contribution < -0.4 is 32.1 Å². The molecule has 2 aromatic rings. The second-order valence-corrected chi connectivity index (χ2v) is 13.2. The van der Waals surface area contributed by atoms with Crippen molar-refractivity contribution in [3.8, 4) is 0 Å². The van der Waals surface area contributed by atoms with E-state index in [0.29, 0.717) is 92.6 Å². The highest BCUT2D eigenvalue weighted by Crippen LogP contribution is 2.16. The molecule has 19 heteroatoms. The van der Waals surface area contributed by atoms with Gasteiger partial charge in [-0.2, -0.15) is 0 Å². The van der Waals surface area contributed by atoms with E-state index in [0.717, 1.165) is 5.56 Å². The van der Waals surface area contributed by atoms with Crippen LogP contribution in [0, 0.1) is 0 Å². The lowest BCUT2D eigenvalue weighted by Crippen LogP contribution is -2.37. The predicted octanol–water partition coefficient (Wildman–Crippen LogP) is 1.98. The van der Waals surface area contributed by atoms with Gasteiger partial charge in [0.2, 0.25) is 29.5 Å². The topological polar surface area (TPSA) is 275 Å². The number of carboxylic acid groups (broad SMARTS) is 1. The summed E-state index contributed by atoms with van der Waals surface area (Å²) < 4.78 is 0. The number of carbonyl (C=O) groups is 6. The van der Waals surface area contributed by atoms with E-state index in [2.05, 4.69) is 21.3 Å². The van der Waals surface area contributed by atoms with Gasteiger partial charge in [0.25, 0.3) is 10.9 Å². The summed E-state index contributed by atoms with van der Waals surface area (Å²) in [6.45, 7) is 2.94. The lowest BCUT2D eigenvalue weighted by molar-refractivity contribution is -0.166. The standard InChI is InChI=1S/C37H55N7O12/c1-26(45)42(54)22-8-2-5-19-38-29(46)15-17-31(48)43(55)23-9-3-6-20-39-30(47)16-18-32(49)44(56)24-10-4-7-21-40-33-34(36(51)35(33)50)41-25-27-11-13-28(14-12-27)37(52)53/h11-14,40-41,54-56H,2-10,15-25H2,1H3,(H,38,46)(H,39,47)(H,52,53). The van der Waals surface area contributed by atoms with Gasteiger partial charge in [0.1, 0.15) is 11.4 Å². The molecular formula is C37H55N7O12. The molecule has 8 N–H and O–H groups in total. The van der Waals surface area contributed by atoms with Crippen molar-refractivity contribution >= 4 is 46.9 Å². The molecule has 0 aliphatic carbocycles. The van der Waals surface area contributed by atoms with Crippen molar-refractivity contribution in [3.63, 3.8) is 0 Å². The summed E-state index contributed by atoms with van der Waals surface area (Å²) >= 11 is 0. The average Bonchev–Trinajstić information content (AvgIpc) is 3.18. The van der Waals surface area contributed by atoms with Gasteiger partial charge >= 0.3 is 5.97 Å². The van der Waals surface area contributed by atoms with Gasteiger partial charge in [-0.25, -0.2) is 20.0 Å². The van der Waals surface area contributed by atoms with Crippen molar-refractivity contribution in [2.75, 3.05) is 49.9 Å². The molecule has 0 spiro atoms. The molecule has 0 fully saturated rings. The zero-order chi connectivity index (χ0) is 41.5. The Morgan fingerprint density at radius 3 is 1.43 bits per heavy atom. The average molecular weight is 790 g/mol. The van der Waals surface area contributed by atoms with Gasteiger partial charge in [0, 0.05) is 78.4 Å². The Kier molecular flexibility index (Phi) is 21.4. The zero-order valence-electron chi connectivity index (χ0n) is 31.8. The van der Waals surface area contributed by atoms with Gasteiger partial charge in [-0.1, -0.05) is 12.1 Å². The molecule has 0 bridgehead atoms. The number of rotatable bonds is 29. The number of nitrogens with one attached hydrogen (secondary N) is 4. The van der Waals surface area contributed by atoms with Gasteiger partial charge in [0.15, 0.2) is 0 Å². The molecule has 2 rings (SSSR count). The number of aromatic carboxylic acids is 1. The summed E-state index contributed by atoms with van der Waals surface area (Å²) in [6, 6.07) is 6.12. The Morgan fingerprint density at radius 1 is 0.554 bits per heavy atom.